The van der Waals surface area contributed by atoms with Gasteiger partial charge in [-0.2, -0.15) is 0 Å². The smallest absolute Gasteiger partial charge is 0.217 e. The van der Waals surface area contributed by atoms with Gasteiger partial charge < -0.3 is 10.2 Å². The highest BCUT2D eigenvalue weighted by Gasteiger charge is 2.26. The molecule has 0 radical (unpaired) electrons. The Hall–Kier alpha value is -0.570. The second kappa shape index (κ2) is 8.52. The van der Waals surface area contributed by atoms with Crippen LogP contribution in [0, 0.1) is 5.92 Å². The number of hydrogen-bond acceptors (Lipinski definition) is 2. The fourth-order valence-corrected chi connectivity index (χ4v) is 2.96. The van der Waals surface area contributed by atoms with Gasteiger partial charge in [0, 0.05) is 26.1 Å². The van der Waals surface area contributed by atoms with E-state index < -0.39 is 0 Å². The van der Waals surface area contributed by atoms with Crippen molar-refractivity contribution in [2.45, 2.75) is 65.3 Å². The Labute approximate surface area is 112 Å². The SMILES string of the molecule is CCCCC1CC(NC(C)=O)CN(CCCC)C1. The van der Waals surface area contributed by atoms with Crippen molar-refractivity contribution in [3.05, 3.63) is 0 Å². The second-order valence-corrected chi connectivity index (χ2v) is 5.75. The number of amides is 1. The van der Waals surface area contributed by atoms with E-state index in [2.05, 4.69) is 24.1 Å². The summed E-state index contributed by atoms with van der Waals surface area (Å²) in [5, 5.41) is 3.11. The molecule has 0 spiro atoms. The zero-order valence-electron chi connectivity index (χ0n) is 12.4. The average Bonchev–Trinajstić information content (AvgIpc) is 2.33. The fraction of sp³-hybridized carbons (Fsp3) is 0.933. The molecule has 3 heteroatoms. The highest BCUT2D eigenvalue weighted by atomic mass is 16.1. The number of nitrogens with zero attached hydrogens (tertiary/aromatic N) is 1. The lowest BCUT2D eigenvalue weighted by atomic mass is 9.89. The summed E-state index contributed by atoms with van der Waals surface area (Å²) in [6, 6.07) is 0.370. The molecule has 1 amide bonds. The van der Waals surface area contributed by atoms with Gasteiger partial charge in [0.1, 0.15) is 0 Å². The van der Waals surface area contributed by atoms with Gasteiger partial charge in [0.2, 0.25) is 5.91 Å². The Morgan fingerprint density at radius 1 is 1.22 bits per heavy atom. The lowest BCUT2D eigenvalue weighted by molar-refractivity contribution is -0.120. The first-order valence-electron chi connectivity index (χ1n) is 7.65. The van der Waals surface area contributed by atoms with Gasteiger partial charge >= 0.3 is 0 Å². The normalized spacial score (nSPS) is 25.1. The van der Waals surface area contributed by atoms with Crippen LogP contribution in [0.15, 0.2) is 0 Å². The van der Waals surface area contributed by atoms with E-state index in [-0.39, 0.29) is 5.91 Å². The molecule has 106 valence electrons. The molecule has 1 saturated heterocycles. The van der Waals surface area contributed by atoms with E-state index in [0.717, 1.165) is 12.5 Å². The predicted molar refractivity (Wildman–Crippen MR) is 76.6 cm³/mol. The summed E-state index contributed by atoms with van der Waals surface area (Å²) >= 11 is 0. The van der Waals surface area contributed by atoms with Gasteiger partial charge in [-0.15, -0.1) is 0 Å². The third kappa shape index (κ3) is 5.85. The molecule has 0 aromatic carbocycles. The summed E-state index contributed by atoms with van der Waals surface area (Å²) in [6.07, 6.45) is 7.60. The molecule has 0 aromatic heterocycles. The van der Waals surface area contributed by atoms with Crippen LogP contribution in [0.3, 0.4) is 0 Å². The van der Waals surface area contributed by atoms with E-state index in [1.165, 1.54) is 51.6 Å². The van der Waals surface area contributed by atoms with Gasteiger partial charge in [-0.05, 0) is 31.7 Å². The maximum Gasteiger partial charge on any atom is 0.217 e. The van der Waals surface area contributed by atoms with Crippen molar-refractivity contribution in [2.24, 2.45) is 5.92 Å². The highest BCUT2D eigenvalue weighted by molar-refractivity contribution is 5.73. The molecule has 1 aliphatic rings. The fourth-order valence-electron chi connectivity index (χ4n) is 2.96. The van der Waals surface area contributed by atoms with Crippen molar-refractivity contribution in [3.63, 3.8) is 0 Å². The third-order valence-corrected chi connectivity index (χ3v) is 3.81. The topological polar surface area (TPSA) is 32.3 Å². The lowest BCUT2D eigenvalue weighted by Crippen LogP contribution is -2.50. The van der Waals surface area contributed by atoms with E-state index in [9.17, 15) is 4.79 Å². The molecular weight excluding hydrogens is 224 g/mol. The first-order valence-corrected chi connectivity index (χ1v) is 7.65. The quantitative estimate of drug-likeness (QED) is 0.757. The first-order chi connectivity index (χ1) is 8.65. The summed E-state index contributed by atoms with van der Waals surface area (Å²) in [6.45, 7) is 9.59. The van der Waals surface area contributed by atoms with Gasteiger partial charge in [-0.25, -0.2) is 0 Å². The molecule has 18 heavy (non-hydrogen) atoms. The minimum absolute atomic E-state index is 0.117. The van der Waals surface area contributed by atoms with Crippen LogP contribution in [0.1, 0.15) is 59.3 Å². The molecule has 0 aliphatic carbocycles. The first kappa shape index (κ1) is 15.5. The summed E-state index contributed by atoms with van der Waals surface area (Å²) in [4.78, 5) is 13.8. The average molecular weight is 254 g/mol. The van der Waals surface area contributed by atoms with Gasteiger partial charge in [0.25, 0.3) is 0 Å². The summed E-state index contributed by atoms with van der Waals surface area (Å²) in [7, 11) is 0. The Morgan fingerprint density at radius 3 is 2.56 bits per heavy atom. The van der Waals surface area contributed by atoms with Crippen LogP contribution in [0.5, 0.6) is 0 Å². The molecule has 2 atom stereocenters. The Kier molecular flexibility index (Phi) is 7.33. The standard InChI is InChI=1S/C15H30N2O/c1-4-6-8-14-10-15(16-13(3)18)12-17(11-14)9-7-5-2/h14-15H,4-12H2,1-3H3,(H,16,18). The van der Waals surface area contributed by atoms with Gasteiger partial charge in [-0.1, -0.05) is 33.1 Å². The van der Waals surface area contributed by atoms with Crippen LogP contribution in [-0.2, 0) is 4.79 Å². The lowest BCUT2D eigenvalue weighted by Gasteiger charge is -2.38. The van der Waals surface area contributed by atoms with E-state index in [1.807, 2.05) is 0 Å². The van der Waals surface area contributed by atoms with Crippen LogP contribution in [0.2, 0.25) is 0 Å². The molecule has 2 unspecified atom stereocenters. The van der Waals surface area contributed by atoms with Crippen molar-refractivity contribution in [1.29, 1.82) is 0 Å². The van der Waals surface area contributed by atoms with E-state index in [1.54, 1.807) is 6.92 Å². The number of carbonyl (C=O) groups excluding carboxylic acids is 1. The molecule has 1 fully saturated rings. The number of rotatable bonds is 7. The highest BCUT2D eigenvalue weighted by Crippen LogP contribution is 2.22. The van der Waals surface area contributed by atoms with Gasteiger partial charge in [0.15, 0.2) is 0 Å². The second-order valence-electron chi connectivity index (χ2n) is 5.75. The van der Waals surface area contributed by atoms with Crippen LogP contribution in [0.25, 0.3) is 0 Å². The third-order valence-electron chi connectivity index (χ3n) is 3.81. The van der Waals surface area contributed by atoms with Crippen LogP contribution >= 0.6 is 0 Å². The Morgan fingerprint density at radius 2 is 1.94 bits per heavy atom. The maximum atomic E-state index is 11.2. The number of hydrogen-bond donors (Lipinski definition) is 1. The van der Waals surface area contributed by atoms with Crippen LogP contribution < -0.4 is 5.32 Å². The van der Waals surface area contributed by atoms with Gasteiger partial charge in [0.05, 0.1) is 0 Å². The number of carbonyl (C=O) groups is 1. The molecule has 0 bridgehead atoms. The number of unbranched alkanes of at least 4 members (excludes halogenated alkanes) is 2. The minimum atomic E-state index is 0.117. The summed E-state index contributed by atoms with van der Waals surface area (Å²) in [5.41, 5.74) is 0. The molecule has 1 heterocycles. The number of likely N-dealkylation sites (tertiary alicyclic amines) is 1. The largest absolute Gasteiger partial charge is 0.352 e. The summed E-state index contributed by atoms with van der Waals surface area (Å²) in [5.74, 6) is 0.888. The van der Waals surface area contributed by atoms with Crippen molar-refractivity contribution < 1.29 is 4.79 Å². The molecule has 0 saturated carbocycles. The molecule has 1 N–H and O–H groups in total. The van der Waals surface area contributed by atoms with Crippen molar-refractivity contribution in [2.75, 3.05) is 19.6 Å². The maximum absolute atomic E-state index is 11.2. The molecule has 0 aromatic rings. The van der Waals surface area contributed by atoms with Crippen LogP contribution in [-0.4, -0.2) is 36.5 Å². The predicted octanol–water partition coefficient (Wildman–Crippen LogP) is 2.80. The molecule has 1 rings (SSSR count). The monoisotopic (exact) mass is 254 g/mol. The molecule has 1 aliphatic heterocycles. The molecule has 3 nitrogen and oxygen atoms in total. The van der Waals surface area contributed by atoms with E-state index >= 15 is 0 Å². The molecular formula is C15H30N2O. The van der Waals surface area contributed by atoms with E-state index in [4.69, 9.17) is 0 Å². The Balaban J connectivity index is 2.45. The van der Waals surface area contributed by atoms with Crippen molar-refractivity contribution in [3.8, 4) is 0 Å². The van der Waals surface area contributed by atoms with Crippen LogP contribution in [0.4, 0.5) is 0 Å². The zero-order valence-corrected chi connectivity index (χ0v) is 12.4. The summed E-state index contributed by atoms with van der Waals surface area (Å²) < 4.78 is 0. The number of nitrogens with one attached hydrogen (secondary N) is 1. The van der Waals surface area contributed by atoms with Crippen molar-refractivity contribution in [1.82, 2.24) is 10.2 Å². The van der Waals surface area contributed by atoms with E-state index in [0.29, 0.717) is 6.04 Å². The number of piperidine rings is 1. The van der Waals surface area contributed by atoms with Gasteiger partial charge in [-0.3, -0.25) is 4.79 Å². The zero-order chi connectivity index (χ0) is 13.4. The van der Waals surface area contributed by atoms with Crippen molar-refractivity contribution >= 4 is 5.91 Å². The Bertz CT molecular complexity index is 227. The minimum Gasteiger partial charge on any atom is -0.352 e.